The van der Waals surface area contributed by atoms with Gasteiger partial charge in [-0.25, -0.2) is 4.57 Å². The summed E-state index contributed by atoms with van der Waals surface area (Å²) in [6, 6.07) is 18.4. The Balaban J connectivity index is 2.15. The highest BCUT2D eigenvalue weighted by molar-refractivity contribution is 6.90. The normalized spacial score (nSPS) is 13.0. The van der Waals surface area contributed by atoms with Gasteiger partial charge in [-0.05, 0) is 47.7 Å². The summed E-state index contributed by atoms with van der Waals surface area (Å²) in [6.07, 6.45) is 2.22. The molecule has 0 N–H and O–H groups in total. The topological polar surface area (TPSA) is 8.29 Å². The number of para-hydroxylation sites is 1. The first-order chi connectivity index (χ1) is 14.3. The molecule has 0 aliphatic carbocycles. The zero-order valence-electron chi connectivity index (χ0n) is 18.6. The van der Waals surface area contributed by atoms with Gasteiger partial charge in [-0.3, -0.25) is 0 Å². The van der Waals surface area contributed by atoms with Gasteiger partial charge in [0.2, 0.25) is 5.52 Å². The monoisotopic (exact) mass is 407 g/mol. The third kappa shape index (κ3) is 2.06. The van der Waals surface area contributed by atoms with E-state index in [2.05, 4.69) is 104 Å². The van der Waals surface area contributed by atoms with Crippen molar-refractivity contribution >= 4 is 62.3 Å². The molecule has 3 heterocycles. The molecule has 0 spiro atoms. The standard InChI is InChI=1S/C27H27N2Si/c1-16-15-20-19-9-7-8-10-21(19)29-25(20)23(17(16)2)27-24-18(13-14-28(27)3)11-12-22(26(24)29)30(4,5)6/h7-15H,1-6H3/q+1. The van der Waals surface area contributed by atoms with E-state index in [0.717, 1.165) is 0 Å². The Labute approximate surface area is 177 Å². The molecule has 2 nitrogen and oxygen atoms in total. The molecule has 148 valence electrons. The first-order valence-electron chi connectivity index (χ1n) is 10.8. The van der Waals surface area contributed by atoms with Gasteiger partial charge in [-0.2, -0.15) is 0 Å². The molecule has 0 atom stereocenters. The number of hydrogen-bond acceptors (Lipinski definition) is 0. The molecule has 0 unspecified atom stereocenters. The first kappa shape index (κ1) is 17.9. The molecule has 0 bridgehead atoms. The molecule has 0 aliphatic rings. The minimum Gasteiger partial charge on any atom is -0.308 e. The molecular formula is C27H27N2Si+. The Bertz CT molecular complexity index is 1650. The van der Waals surface area contributed by atoms with Crippen molar-refractivity contribution in [1.82, 2.24) is 4.40 Å². The fraction of sp³-hybridized carbons (Fsp3) is 0.222. The fourth-order valence-corrected chi connectivity index (χ4v) is 6.99. The Morgan fingerprint density at radius 2 is 1.60 bits per heavy atom. The smallest absolute Gasteiger partial charge is 0.224 e. The Kier molecular flexibility index (Phi) is 3.35. The van der Waals surface area contributed by atoms with Crippen LogP contribution in [0, 0.1) is 13.8 Å². The fourth-order valence-electron chi connectivity index (χ4n) is 5.46. The van der Waals surface area contributed by atoms with E-state index in [1.165, 1.54) is 65.3 Å². The van der Waals surface area contributed by atoms with Crippen LogP contribution in [0.5, 0.6) is 0 Å². The van der Waals surface area contributed by atoms with Crippen molar-refractivity contribution in [2.75, 3.05) is 0 Å². The SMILES string of the molecule is Cc1cc2c3ccccc3n3c4c([Si](C)(C)C)ccc5cc[n+](C)c(c(c1C)c23)c54. The number of nitrogens with zero attached hydrogens (tertiary/aromatic N) is 2. The molecule has 3 heteroatoms. The molecule has 6 aromatic rings. The molecule has 3 aromatic carbocycles. The van der Waals surface area contributed by atoms with E-state index in [0.29, 0.717) is 0 Å². The molecule has 0 radical (unpaired) electrons. The summed E-state index contributed by atoms with van der Waals surface area (Å²) >= 11 is 0. The Morgan fingerprint density at radius 3 is 2.37 bits per heavy atom. The number of benzene rings is 3. The summed E-state index contributed by atoms with van der Waals surface area (Å²) in [5.41, 5.74) is 8.23. The van der Waals surface area contributed by atoms with Crippen molar-refractivity contribution < 1.29 is 4.57 Å². The summed E-state index contributed by atoms with van der Waals surface area (Å²) in [4.78, 5) is 0. The lowest BCUT2D eigenvalue weighted by atomic mass is 9.96. The van der Waals surface area contributed by atoms with Crippen molar-refractivity contribution in [3.05, 3.63) is 65.9 Å². The number of aryl methyl sites for hydroxylation is 3. The molecule has 6 rings (SSSR count). The van der Waals surface area contributed by atoms with Crippen LogP contribution in [0.2, 0.25) is 19.6 Å². The van der Waals surface area contributed by atoms with Gasteiger partial charge >= 0.3 is 0 Å². The second-order valence-corrected chi connectivity index (χ2v) is 14.9. The van der Waals surface area contributed by atoms with Gasteiger partial charge in [-0.1, -0.05) is 50.0 Å². The maximum absolute atomic E-state index is 2.59. The highest BCUT2D eigenvalue weighted by Crippen LogP contribution is 2.41. The molecule has 0 saturated heterocycles. The van der Waals surface area contributed by atoms with E-state index in [4.69, 9.17) is 0 Å². The Morgan fingerprint density at radius 1 is 0.833 bits per heavy atom. The molecule has 3 aromatic heterocycles. The summed E-state index contributed by atoms with van der Waals surface area (Å²) in [5.74, 6) is 0. The number of aromatic nitrogens is 2. The summed E-state index contributed by atoms with van der Waals surface area (Å²) in [7, 11) is 0.625. The zero-order valence-corrected chi connectivity index (χ0v) is 19.6. The second kappa shape index (κ2) is 5.61. The number of pyridine rings is 2. The minimum atomic E-state index is -1.58. The van der Waals surface area contributed by atoms with E-state index in [9.17, 15) is 0 Å². The van der Waals surface area contributed by atoms with Crippen LogP contribution in [-0.4, -0.2) is 12.5 Å². The van der Waals surface area contributed by atoms with Crippen molar-refractivity contribution in [3.8, 4) is 0 Å². The maximum atomic E-state index is 2.59. The van der Waals surface area contributed by atoms with Gasteiger partial charge < -0.3 is 4.40 Å². The second-order valence-electron chi connectivity index (χ2n) is 9.89. The van der Waals surface area contributed by atoms with Crippen molar-refractivity contribution in [2.24, 2.45) is 7.05 Å². The maximum Gasteiger partial charge on any atom is 0.224 e. The largest absolute Gasteiger partial charge is 0.308 e. The third-order valence-electron chi connectivity index (χ3n) is 7.02. The molecule has 0 fully saturated rings. The van der Waals surface area contributed by atoms with Crippen LogP contribution in [0.4, 0.5) is 0 Å². The van der Waals surface area contributed by atoms with Crippen LogP contribution in [-0.2, 0) is 7.05 Å². The van der Waals surface area contributed by atoms with Gasteiger partial charge in [0.15, 0.2) is 6.20 Å². The van der Waals surface area contributed by atoms with Crippen molar-refractivity contribution in [2.45, 2.75) is 33.5 Å². The summed E-state index contributed by atoms with van der Waals surface area (Å²) in [6.45, 7) is 11.9. The Hall–Kier alpha value is -2.91. The van der Waals surface area contributed by atoms with Crippen molar-refractivity contribution in [3.63, 3.8) is 0 Å². The van der Waals surface area contributed by atoms with E-state index in [-0.39, 0.29) is 0 Å². The van der Waals surface area contributed by atoms with Gasteiger partial charge in [0.1, 0.15) is 7.05 Å². The first-order valence-corrected chi connectivity index (χ1v) is 14.3. The number of fused-ring (bicyclic) bond motifs is 5. The van der Waals surface area contributed by atoms with Crippen LogP contribution in [0.15, 0.2) is 54.7 Å². The van der Waals surface area contributed by atoms with Crippen LogP contribution in [0.1, 0.15) is 11.1 Å². The highest BCUT2D eigenvalue weighted by atomic mass is 28.3. The molecule has 0 aliphatic heterocycles. The third-order valence-corrected chi connectivity index (χ3v) is 9.04. The molecular weight excluding hydrogens is 380 g/mol. The highest BCUT2D eigenvalue weighted by Gasteiger charge is 2.29. The molecule has 0 saturated carbocycles. The lowest BCUT2D eigenvalue weighted by Crippen LogP contribution is -2.39. The average molecular weight is 408 g/mol. The zero-order chi connectivity index (χ0) is 20.9. The lowest BCUT2D eigenvalue weighted by Gasteiger charge is -2.22. The molecule has 0 amide bonds. The van der Waals surface area contributed by atoms with E-state index in [1.54, 1.807) is 0 Å². The van der Waals surface area contributed by atoms with Crippen molar-refractivity contribution in [1.29, 1.82) is 0 Å². The average Bonchev–Trinajstić information content (AvgIpc) is 3.03. The van der Waals surface area contributed by atoms with Gasteiger partial charge in [0.05, 0.1) is 35.4 Å². The van der Waals surface area contributed by atoms with Gasteiger partial charge in [0, 0.05) is 16.8 Å². The number of rotatable bonds is 1. The van der Waals surface area contributed by atoms with Crippen LogP contribution in [0.25, 0.3) is 49.0 Å². The van der Waals surface area contributed by atoms with Crippen LogP contribution >= 0.6 is 0 Å². The quantitative estimate of drug-likeness (QED) is 0.137. The van der Waals surface area contributed by atoms with Gasteiger partial charge in [0.25, 0.3) is 0 Å². The number of hydrogen-bond donors (Lipinski definition) is 0. The van der Waals surface area contributed by atoms with E-state index >= 15 is 0 Å². The summed E-state index contributed by atoms with van der Waals surface area (Å²) in [5, 5.41) is 8.40. The lowest BCUT2D eigenvalue weighted by molar-refractivity contribution is -0.643. The summed E-state index contributed by atoms with van der Waals surface area (Å²) < 4.78 is 4.93. The minimum absolute atomic E-state index is 1.32. The van der Waals surface area contributed by atoms with Crippen LogP contribution in [0.3, 0.4) is 0 Å². The van der Waals surface area contributed by atoms with Gasteiger partial charge in [-0.15, -0.1) is 0 Å². The van der Waals surface area contributed by atoms with Crippen LogP contribution < -0.4 is 9.75 Å². The molecule has 30 heavy (non-hydrogen) atoms. The van der Waals surface area contributed by atoms with E-state index in [1.807, 2.05) is 0 Å². The predicted molar refractivity (Wildman–Crippen MR) is 132 cm³/mol. The predicted octanol–water partition coefficient (Wildman–Crippen LogP) is 5.98. The van der Waals surface area contributed by atoms with E-state index < -0.39 is 8.07 Å².